The number of aryl methyl sites for hydroxylation is 1. The van der Waals surface area contributed by atoms with Crippen LogP contribution in [0.3, 0.4) is 0 Å². The van der Waals surface area contributed by atoms with Gasteiger partial charge < -0.3 is 9.64 Å². The molecule has 5 rings (SSSR count). The monoisotopic (exact) mass is 495 g/mol. The molecular weight excluding hydrogens is 467 g/mol. The maximum Gasteiger partial charge on any atom is 0.416 e. The minimum atomic E-state index is -4.31. The normalized spacial score (nSPS) is 18.8. The van der Waals surface area contributed by atoms with Gasteiger partial charge in [-0.2, -0.15) is 13.2 Å². The van der Waals surface area contributed by atoms with Crippen molar-refractivity contribution in [1.29, 1.82) is 0 Å². The van der Waals surface area contributed by atoms with E-state index in [2.05, 4.69) is 35.0 Å². The lowest BCUT2D eigenvalue weighted by Gasteiger charge is -2.39. The maximum absolute atomic E-state index is 12.7. The van der Waals surface area contributed by atoms with E-state index in [1.165, 1.54) is 17.7 Å². The Bertz CT molecular complexity index is 1210. The van der Waals surface area contributed by atoms with Crippen molar-refractivity contribution in [3.8, 4) is 17.0 Å². The molecule has 0 saturated carbocycles. The fourth-order valence-electron chi connectivity index (χ4n) is 5.05. The zero-order valence-corrected chi connectivity index (χ0v) is 20.0. The molecule has 2 aromatic carbocycles. The summed E-state index contributed by atoms with van der Waals surface area (Å²) in [4.78, 5) is 19.9. The number of carbonyl (C=O) groups excluding carboxylic acids is 1. The standard InChI is InChI=1S/C28H28F3N3O2/c1-19-13-21(6-10-25(19)27-3-2-12-34(27)18-35)26-11-9-23(14-32-26)36-24-16-33(17-24)15-20-4-7-22(8-5-20)28(29,30)31/h4-11,13-14,18,24,27H,2-3,12,15-17H2,1H3. The highest BCUT2D eigenvalue weighted by atomic mass is 19.4. The molecule has 36 heavy (non-hydrogen) atoms. The molecule has 2 fully saturated rings. The first-order chi connectivity index (χ1) is 17.3. The van der Waals surface area contributed by atoms with Gasteiger partial charge in [0.05, 0.1) is 23.5 Å². The number of likely N-dealkylation sites (tertiary alicyclic amines) is 2. The van der Waals surface area contributed by atoms with Crippen molar-refractivity contribution in [2.45, 2.75) is 44.6 Å². The Morgan fingerprint density at radius 1 is 1.08 bits per heavy atom. The molecule has 0 spiro atoms. The predicted molar refractivity (Wildman–Crippen MR) is 130 cm³/mol. The van der Waals surface area contributed by atoms with E-state index in [0.717, 1.165) is 60.3 Å². The van der Waals surface area contributed by atoms with E-state index < -0.39 is 11.7 Å². The predicted octanol–water partition coefficient (Wildman–Crippen LogP) is 5.63. The first kappa shape index (κ1) is 24.3. The third kappa shape index (κ3) is 5.23. The Kier molecular flexibility index (Phi) is 6.71. The van der Waals surface area contributed by atoms with E-state index in [-0.39, 0.29) is 12.1 Å². The van der Waals surface area contributed by atoms with E-state index >= 15 is 0 Å². The van der Waals surface area contributed by atoms with Gasteiger partial charge in [0, 0.05) is 31.7 Å². The Labute approximate surface area is 208 Å². The number of alkyl halides is 3. The molecule has 0 aliphatic carbocycles. The number of halogens is 3. The van der Waals surface area contributed by atoms with Gasteiger partial charge in [-0.15, -0.1) is 0 Å². The van der Waals surface area contributed by atoms with Crippen LogP contribution < -0.4 is 4.74 Å². The number of pyridine rings is 1. The van der Waals surface area contributed by atoms with Crippen molar-refractivity contribution < 1.29 is 22.7 Å². The van der Waals surface area contributed by atoms with Crippen LogP contribution in [0.1, 0.15) is 41.1 Å². The summed E-state index contributed by atoms with van der Waals surface area (Å²) in [6.07, 6.45) is 0.409. The van der Waals surface area contributed by atoms with Gasteiger partial charge in [0.1, 0.15) is 11.9 Å². The summed E-state index contributed by atoms with van der Waals surface area (Å²) in [5.74, 6) is 0.693. The van der Waals surface area contributed by atoms with Gasteiger partial charge in [-0.05, 0) is 66.8 Å². The van der Waals surface area contributed by atoms with Crippen molar-refractivity contribution in [1.82, 2.24) is 14.8 Å². The van der Waals surface area contributed by atoms with Crippen molar-refractivity contribution in [3.05, 3.63) is 83.0 Å². The Morgan fingerprint density at radius 3 is 2.50 bits per heavy atom. The van der Waals surface area contributed by atoms with Crippen LogP contribution in [0, 0.1) is 6.92 Å². The first-order valence-electron chi connectivity index (χ1n) is 12.1. The average Bonchev–Trinajstić information content (AvgIpc) is 3.31. The fraction of sp³-hybridized carbons (Fsp3) is 0.357. The molecule has 8 heteroatoms. The van der Waals surface area contributed by atoms with Crippen LogP contribution in [0.25, 0.3) is 11.3 Å². The average molecular weight is 496 g/mol. The topological polar surface area (TPSA) is 45.7 Å². The number of ether oxygens (including phenoxy) is 1. The molecule has 188 valence electrons. The van der Waals surface area contributed by atoms with Gasteiger partial charge in [0.25, 0.3) is 0 Å². The summed E-state index contributed by atoms with van der Waals surface area (Å²) >= 11 is 0. The Hall–Kier alpha value is -3.39. The summed E-state index contributed by atoms with van der Waals surface area (Å²) in [6.45, 7) is 4.90. The zero-order valence-electron chi connectivity index (χ0n) is 20.0. The summed E-state index contributed by atoms with van der Waals surface area (Å²) in [5.41, 5.74) is 4.43. The number of carbonyl (C=O) groups is 1. The smallest absolute Gasteiger partial charge is 0.416 e. The van der Waals surface area contributed by atoms with E-state index in [0.29, 0.717) is 25.4 Å². The summed E-state index contributed by atoms with van der Waals surface area (Å²) in [6, 6.07) is 15.6. The summed E-state index contributed by atoms with van der Waals surface area (Å²) < 4.78 is 44.2. The Balaban J connectivity index is 1.14. The molecule has 3 aromatic rings. The highest BCUT2D eigenvalue weighted by Gasteiger charge is 2.31. The molecule has 1 aromatic heterocycles. The van der Waals surface area contributed by atoms with Gasteiger partial charge >= 0.3 is 6.18 Å². The molecule has 0 N–H and O–H groups in total. The van der Waals surface area contributed by atoms with Gasteiger partial charge in [0.15, 0.2) is 0 Å². The second kappa shape index (κ2) is 9.93. The van der Waals surface area contributed by atoms with Crippen molar-refractivity contribution in [2.24, 2.45) is 0 Å². The molecule has 2 aliphatic rings. The second-order valence-corrected chi connectivity index (χ2v) is 9.58. The molecule has 1 atom stereocenters. The van der Waals surface area contributed by atoms with Crippen LogP contribution >= 0.6 is 0 Å². The first-order valence-corrected chi connectivity index (χ1v) is 12.1. The number of hydrogen-bond acceptors (Lipinski definition) is 4. The lowest BCUT2D eigenvalue weighted by Crippen LogP contribution is -2.53. The molecule has 0 radical (unpaired) electrons. The fourth-order valence-corrected chi connectivity index (χ4v) is 5.05. The molecular formula is C28H28F3N3O2. The minimum absolute atomic E-state index is 0.0285. The summed E-state index contributed by atoms with van der Waals surface area (Å²) in [5, 5.41) is 0. The summed E-state index contributed by atoms with van der Waals surface area (Å²) in [7, 11) is 0. The molecule has 1 amide bonds. The highest BCUT2D eigenvalue weighted by Crippen LogP contribution is 2.34. The number of benzene rings is 2. The number of rotatable bonds is 7. The van der Waals surface area contributed by atoms with Crippen molar-refractivity contribution in [3.63, 3.8) is 0 Å². The van der Waals surface area contributed by atoms with Gasteiger partial charge in [-0.1, -0.05) is 24.3 Å². The Morgan fingerprint density at radius 2 is 1.86 bits per heavy atom. The quantitative estimate of drug-likeness (QED) is 0.399. The third-order valence-corrected chi connectivity index (χ3v) is 7.00. The molecule has 3 heterocycles. The van der Waals surface area contributed by atoms with Crippen molar-refractivity contribution >= 4 is 6.41 Å². The van der Waals surface area contributed by atoms with Gasteiger partial charge in [-0.3, -0.25) is 14.7 Å². The SMILES string of the molecule is Cc1cc(-c2ccc(OC3CN(Cc4ccc(C(F)(F)F)cc4)C3)cn2)ccc1C1CCCN1C=O. The number of amides is 1. The zero-order chi connectivity index (χ0) is 25.3. The van der Waals surface area contributed by atoms with E-state index in [9.17, 15) is 18.0 Å². The van der Waals surface area contributed by atoms with Crippen molar-refractivity contribution in [2.75, 3.05) is 19.6 Å². The van der Waals surface area contributed by atoms with Crippen LogP contribution in [-0.2, 0) is 17.5 Å². The molecule has 1 unspecified atom stereocenters. The van der Waals surface area contributed by atoms with Crippen LogP contribution in [0.2, 0.25) is 0 Å². The van der Waals surface area contributed by atoms with Crippen LogP contribution in [0.15, 0.2) is 60.8 Å². The number of nitrogens with zero attached hydrogens (tertiary/aromatic N) is 3. The minimum Gasteiger partial charge on any atom is -0.486 e. The van der Waals surface area contributed by atoms with Crippen LogP contribution in [0.5, 0.6) is 5.75 Å². The van der Waals surface area contributed by atoms with Gasteiger partial charge in [-0.25, -0.2) is 0 Å². The number of hydrogen-bond donors (Lipinski definition) is 0. The van der Waals surface area contributed by atoms with Gasteiger partial charge in [0.2, 0.25) is 6.41 Å². The molecule has 0 bridgehead atoms. The third-order valence-electron chi connectivity index (χ3n) is 7.00. The number of aromatic nitrogens is 1. The van der Waals surface area contributed by atoms with Crippen LogP contribution in [-0.4, -0.2) is 46.9 Å². The van der Waals surface area contributed by atoms with E-state index in [1.54, 1.807) is 6.20 Å². The molecule has 2 saturated heterocycles. The van der Waals surface area contributed by atoms with E-state index in [4.69, 9.17) is 4.74 Å². The highest BCUT2D eigenvalue weighted by molar-refractivity contribution is 5.62. The second-order valence-electron chi connectivity index (χ2n) is 9.58. The largest absolute Gasteiger partial charge is 0.486 e. The maximum atomic E-state index is 12.7. The van der Waals surface area contributed by atoms with E-state index in [1.807, 2.05) is 17.0 Å². The lowest BCUT2D eigenvalue weighted by molar-refractivity contribution is -0.137. The lowest BCUT2D eigenvalue weighted by atomic mass is 9.96. The molecule has 5 nitrogen and oxygen atoms in total. The van der Waals surface area contributed by atoms with Crippen LogP contribution in [0.4, 0.5) is 13.2 Å². The molecule has 2 aliphatic heterocycles.